The lowest BCUT2D eigenvalue weighted by molar-refractivity contribution is 0.253. The topological polar surface area (TPSA) is 134 Å². The summed E-state index contributed by atoms with van der Waals surface area (Å²) in [6.45, 7) is 15.0. The molecular formula is C27H39N7O3S2Si. The van der Waals surface area contributed by atoms with Gasteiger partial charge in [0.1, 0.15) is 17.7 Å². The van der Waals surface area contributed by atoms with E-state index in [1.54, 1.807) is 23.7 Å². The van der Waals surface area contributed by atoms with Gasteiger partial charge in [-0.1, -0.05) is 20.8 Å². The highest BCUT2D eigenvalue weighted by Crippen LogP contribution is 2.37. The van der Waals surface area contributed by atoms with Crippen LogP contribution in [-0.4, -0.2) is 55.6 Å². The Morgan fingerprint density at radius 3 is 2.52 bits per heavy atom. The van der Waals surface area contributed by atoms with Crippen molar-refractivity contribution in [2.45, 2.75) is 64.8 Å². The normalized spacial score (nSPS) is 13.6. The molecule has 1 unspecified atom stereocenters. The summed E-state index contributed by atoms with van der Waals surface area (Å²) >= 11 is 1.59. The minimum atomic E-state index is -3.51. The first-order valence-corrected chi connectivity index (χ1v) is 18.8. The highest BCUT2D eigenvalue weighted by Gasteiger charge is 2.38. The van der Waals surface area contributed by atoms with Gasteiger partial charge in [0, 0.05) is 35.2 Å². The van der Waals surface area contributed by atoms with Crippen LogP contribution >= 0.6 is 11.3 Å². The van der Waals surface area contributed by atoms with Crippen molar-refractivity contribution in [2.75, 3.05) is 23.5 Å². The van der Waals surface area contributed by atoms with E-state index in [2.05, 4.69) is 89.1 Å². The Hall–Kier alpha value is -2.84. The van der Waals surface area contributed by atoms with E-state index in [0.717, 1.165) is 39.1 Å². The Balaban J connectivity index is 1.62. The zero-order chi connectivity index (χ0) is 29.3. The van der Waals surface area contributed by atoms with Gasteiger partial charge in [0.05, 0.1) is 40.5 Å². The summed E-state index contributed by atoms with van der Waals surface area (Å²) in [6, 6.07) is 7.49. The van der Waals surface area contributed by atoms with Gasteiger partial charge < -0.3 is 20.0 Å². The molecule has 40 heavy (non-hydrogen) atoms. The second kappa shape index (κ2) is 11.6. The third kappa shape index (κ3) is 7.46. The number of benzene rings is 1. The average Bonchev–Trinajstić information content (AvgIpc) is 3.50. The highest BCUT2D eigenvalue weighted by molar-refractivity contribution is 7.88. The maximum Gasteiger partial charge on any atom is 0.209 e. The number of aromatic amines is 1. The van der Waals surface area contributed by atoms with Crippen molar-refractivity contribution in [3.05, 3.63) is 48.0 Å². The summed E-state index contributed by atoms with van der Waals surface area (Å²) in [5.41, 5.74) is 6.13. The highest BCUT2D eigenvalue weighted by atomic mass is 32.2. The van der Waals surface area contributed by atoms with E-state index in [0.29, 0.717) is 11.6 Å². The van der Waals surface area contributed by atoms with E-state index in [1.165, 1.54) is 0 Å². The Labute approximate surface area is 241 Å². The molecular weight excluding hydrogens is 563 g/mol. The van der Waals surface area contributed by atoms with E-state index in [1.807, 2.05) is 23.7 Å². The van der Waals surface area contributed by atoms with Crippen LogP contribution in [-0.2, 0) is 14.4 Å². The molecule has 4 rings (SSSR count). The number of nitrogens with one attached hydrogen (secondary N) is 4. The molecule has 0 spiro atoms. The number of thiazole rings is 1. The van der Waals surface area contributed by atoms with Crippen LogP contribution in [0.5, 0.6) is 0 Å². The molecule has 0 aliphatic heterocycles. The largest absolute Gasteiger partial charge is 0.415 e. The minimum absolute atomic E-state index is 0.0117. The van der Waals surface area contributed by atoms with Crippen molar-refractivity contribution in [3.8, 4) is 11.3 Å². The first-order chi connectivity index (χ1) is 18.6. The van der Waals surface area contributed by atoms with Crippen LogP contribution in [0, 0.1) is 0 Å². The SMILES string of the molecule is CC(C)Nc1cc(Nc2ccc3ncsc3c2)ncc1-c1cnc(C(CO[Si](C)(C)C(C)(C)C)NS(C)(=O)=O)[nH]1. The van der Waals surface area contributed by atoms with Gasteiger partial charge in [-0.25, -0.2) is 28.1 Å². The molecule has 216 valence electrons. The first-order valence-electron chi connectivity index (χ1n) is 13.1. The molecule has 0 saturated heterocycles. The van der Waals surface area contributed by atoms with E-state index in [9.17, 15) is 8.42 Å². The average molecular weight is 602 g/mol. The molecule has 4 N–H and O–H groups in total. The van der Waals surface area contributed by atoms with Crippen LogP contribution in [0.25, 0.3) is 21.5 Å². The second-order valence-corrected chi connectivity index (χ2v) is 19.2. The fraction of sp³-hybridized carbons (Fsp3) is 0.444. The number of rotatable bonds is 11. The molecule has 0 bridgehead atoms. The number of hydrogen-bond acceptors (Lipinski definition) is 9. The number of H-pyrrole nitrogens is 1. The van der Waals surface area contributed by atoms with Crippen LogP contribution in [0.2, 0.25) is 18.1 Å². The lowest BCUT2D eigenvalue weighted by Gasteiger charge is -2.37. The van der Waals surface area contributed by atoms with Crippen molar-refractivity contribution in [1.29, 1.82) is 0 Å². The summed E-state index contributed by atoms with van der Waals surface area (Å²) in [5, 5.41) is 6.87. The number of fused-ring (bicyclic) bond motifs is 1. The Morgan fingerprint density at radius 1 is 1.10 bits per heavy atom. The van der Waals surface area contributed by atoms with Gasteiger partial charge in [0.15, 0.2) is 8.32 Å². The maximum absolute atomic E-state index is 12.2. The Bertz CT molecular complexity index is 1580. The van der Waals surface area contributed by atoms with Crippen LogP contribution in [0.3, 0.4) is 0 Å². The van der Waals surface area contributed by atoms with Gasteiger partial charge >= 0.3 is 0 Å². The molecule has 0 aliphatic carbocycles. The smallest absolute Gasteiger partial charge is 0.209 e. The number of pyridine rings is 1. The molecule has 0 radical (unpaired) electrons. The standard InChI is InChI=1S/C27H39N7O3S2Si/c1-17(2)31-21-12-25(32-18-9-10-20-24(11-18)38-16-30-20)28-13-19(21)22-14-29-26(33-22)23(34-39(6,35)36)15-37-40(7,8)27(3,4)5/h9-14,16-17,23,34H,15H2,1-8H3,(H,29,33)(H2,28,31,32). The number of nitrogens with zero attached hydrogens (tertiary/aromatic N) is 3. The maximum atomic E-state index is 12.2. The van der Waals surface area contributed by atoms with E-state index < -0.39 is 24.4 Å². The van der Waals surface area contributed by atoms with Crippen LogP contribution in [0.4, 0.5) is 17.2 Å². The molecule has 0 saturated carbocycles. The predicted octanol–water partition coefficient (Wildman–Crippen LogP) is 6.26. The van der Waals surface area contributed by atoms with Gasteiger partial charge in [-0.15, -0.1) is 11.3 Å². The van der Waals surface area contributed by atoms with Crippen molar-refractivity contribution in [2.24, 2.45) is 0 Å². The number of imidazole rings is 1. The summed E-state index contributed by atoms with van der Waals surface area (Å²) in [4.78, 5) is 16.9. The minimum Gasteiger partial charge on any atom is -0.415 e. The van der Waals surface area contributed by atoms with Gasteiger partial charge in [-0.2, -0.15) is 0 Å². The lowest BCUT2D eigenvalue weighted by Crippen LogP contribution is -2.43. The molecule has 4 aromatic rings. The summed E-state index contributed by atoms with van der Waals surface area (Å²) in [5.74, 6) is 1.17. The van der Waals surface area contributed by atoms with E-state index in [4.69, 9.17) is 4.43 Å². The van der Waals surface area contributed by atoms with E-state index in [-0.39, 0.29) is 17.7 Å². The quantitative estimate of drug-likeness (QED) is 0.148. The van der Waals surface area contributed by atoms with Gasteiger partial charge in [-0.05, 0) is 50.2 Å². The fourth-order valence-corrected chi connectivity index (χ4v) is 6.26. The molecule has 0 fully saturated rings. The Kier molecular flexibility index (Phi) is 8.71. The Morgan fingerprint density at radius 2 is 1.85 bits per heavy atom. The third-order valence-electron chi connectivity index (χ3n) is 6.94. The van der Waals surface area contributed by atoms with Crippen molar-refractivity contribution >= 4 is 57.1 Å². The zero-order valence-electron chi connectivity index (χ0n) is 24.3. The molecule has 3 heterocycles. The molecule has 3 aromatic heterocycles. The predicted molar refractivity (Wildman–Crippen MR) is 167 cm³/mol. The molecule has 1 aromatic carbocycles. The molecule has 0 aliphatic rings. The number of sulfonamides is 1. The zero-order valence-corrected chi connectivity index (χ0v) is 26.9. The van der Waals surface area contributed by atoms with Crippen molar-refractivity contribution < 1.29 is 12.8 Å². The molecule has 1 atom stereocenters. The molecule has 0 amide bonds. The van der Waals surface area contributed by atoms with Crippen LogP contribution < -0.4 is 15.4 Å². The van der Waals surface area contributed by atoms with Crippen LogP contribution in [0.1, 0.15) is 46.5 Å². The van der Waals surface area contributed by atoms with Crippen LogP contribution in [0.15, 0.2) is 42.2 Å². The fourth-order valence-electron chi connectivity index (χ4n) is 3.84. The number of anilines is 3. The van der Waals surface area contributed by atoms with Gasteiger partial charge in [0.25, 0.3) is 0 Å². The summed E-state index contributed by atoms with van der Waals surface area (Å²) in [7, 11) is -5.63. The van der Waals surface area contributed by atoms with Crippen molar-refractivity contribution in [1.82, 2.24) is 24.7 Å². The first kappa shape index (κ1) is 30.1. The second-order valence-electron chi connectivity index (χ2n) is 11.8. The lowest BCUT2D eigenvalue weighted by atomic mass is 10.1. The number of aromatic nitrogens is 4. The van der Waals surface area contributed by atoms with E-state index >= 15 is 0 Å². The monoisotopic (exact) mass is 601 g/mol. The number of hydrogen-bond donors (Lipinski definition) is 4. The molecule has 13 heteroatoms. The van der Waals surface area contributed by atoms with Gasteiger partial charge in [-0.3, -0.25) is 0 Å². The molecule has 10 nitrogen and oxygen atoms in total. The summed E-state index contributed by atoms with van der Waals surface area (Å²) in [6.07, 6.45) is 4.62. The third-order valence-corrected chi connectivity index (χ3v) is 12.9. The van der Waals surface area contributed by atoms with Gasteiger partial charge in [0.2, 0.25) is 10.0 Å². The van der Waals surface area contributed by atoms with Crippen molar-refractivity contribution in [3.63, 3.8) is 0 Å². The summed E-state index contributed by atoms with van der Waals surface area (Å²) < 4.78 is 34.6.